The molecular formula is C7H6NO3S. The molecule has 1 rings (SSSR count). The molecule has 1 atom stereocenters. The van der Waals surface area contributed by atoms with Crippen LogP contribution in [0.2, 0.25) is 0 Å². The number of carboxylic acid groups (broad SMARTS) is 1. The molecule has 0 aliphatic heterocycles. The maximum Gasteiger partial charge on any atom is 0.320 e. The lowest BCUT2D eigenvalue weighted by molar-refractivity contribution is -0.142. The highest BCUT2D eigenvalue weighted by molar-refractivity contribution is 7.08. The van der Waals surface area contributed by atoms with E-state index >= 15 is 0 Å². The van der Waals surface area contributed by atoms with Gasteiger partial charge in [0.1, 0.15) is 0 Å². The first kappa shape index (κ1) is 8.73. The molecule has 63 valence electrons. The number of carbonyl (C=O) groups is 2. The van der Waals surface area contributed by atoms with Crippen molar-refractivity contribution in [3.8, 4) is 0 Å². The van der Waals surface area contributed by atoms with Crippen molar-refractivity contribution in [2.45, 2.75) is 5.92 Å². The van der Waals surface area contributed by atoms with Crippen LogP contribution in [-0.2, 0) is 9.59 Å². The van der Waals surface area contributed by atoms with Gasteiger partial charge < -0.3 is 5.11 Å². The normalized spacial score (nSPS) is 12.3. The fourth-order valence-electron chi connectivity index (χ4n) is 0.845. The lowest BCUT2D eigenvalue weighted by Crippen LogP contribution is -2.21. The van der Waals surface area contributed by atoms with Crippen molar-refractivity contribution in [2.75, 3.05) is 0 Å². The number of aliphatic carboxylic acids is 1. The third-order valence-corrected chi connectivity index (χ3v) is 2.09. The molecule has 12 heavy (non-hydrogen) atoms. The second kappa shape index (κ2) is 3.36. The zero-order valence-electron chi connectivity index (χ0n) is 5.98. The molecule has 0 aliphatic rings. The van der Waals surface area contributed by atoms with Gasteiger partial charge in [-0.3, -0.25) is 15.3 Å². The highest BCUT2D eigenvalue weighted by atomic mass is 32.1. The van der Waals surface area contributed by atoms with E-state index < -0.39 is 17.8 Å². The minimum absolute atomic E-state index is 0.382. The van der Waals surface area contributed by atoms with Crippen molar-refractivity contribution in [1.29, 1.82) is 0 Å². The Kier molecular flexibility index (Phi) is 2.44. The van der Waals surface area contributed by atoms with E-state index in [0.717, 1.165) is 0 Å². The predicted octanol–water partition coefficient (Wildman–Crippen LogP) is 0.726. The van der Waals surface area contributed by atoms with Crippen LogP contribution in [0.15, 0.2) is 16.8 Å². The molecule has 0 spiro atoms. The number of rotatable bonds is 3. The van der Waals surface area contributed by atoms with Crippen LogP contribution in [0.1, 0.15) is 11.5 Å². The molecular weight excluding hydrogens is 178 g/mol. The Bertz CT molecular complexity index is 280. The standard InChI is InChI=1S/C7H6NO3S/c8-6(9)5(7(10)11)4-1-2-12-3-4/h1-3,5,8H,(H,10,11). The van der Waals surface area contributed by atoms with E-state index in [-0.39, 0.29) is 0 Å². The van der Waals surface area contributed by atoms with Crippen LogP contribution in [-0.4, -0.2) is 17.0 Å². The maximum atomic E-state index is 10.6. The SMILES string of the molecule is [NH]C(=O)C(C(=O)O)c1ccsc1. The average molecular weight is 184 g/mol. The van der Waals surface area contributed by atoms with Crippen LogP contribution in [0.25, 0.3) is 0 Å². The van der Waals surface area contributed by atoms with Crippen LogP contribution in [0.5, 0.6) is 0 Å². The molecule has 2 N–H and O–H groups in total. The van der Waals surface area contributed by atoms with Crippen molar-refractivity contribution in [1.82, 2.24) is 5.73 Å². The molecule has 4 nitrogen and oxygen atoms in total. The Morgan fingerprint density at radius 2 is 2.25 bits per heavy atom. The number of thiophene rings is 1. The largest absolute Gasteiger partial charge is 0.480 e. The second-order valence-corrected chi connectivity index (χ2v) is 2.97. The third-order valence-electron chi connectivity index (χ3n) is 1.39. The Labute approximate surface area is 72.6 Å². The number of hydrogen-bond acceptors (Lipinski definition) is 3. The third kappa shape index (κ3) is 1.62. The number of amides is 1. The molecule has 1 aromatic heterocycles. The van der Waals surface area contributed by atoms with Crippen LogP contribution in [0.3, 0.4) is 0 Å². The van der Waals surface area contributed by atoms with E-state index in [1.807, 2.05) is 0 Å². The predicted molar refractivity (Wildman–Crippen MR) is 42.8 cm³/mol. The molecule has 1 aromatic rings. The number of nitrogens with one attached hydrogen (secondary N) is 1. The molecule has 0 saturated carbocycles. The second-order valence-electron chi connectivity index (χ2n) is 2.19. The van der Waals surface area contributed by atoms with Gasteiger partial charge in [0.2, 0.25) is 0 Å². The zero-order chi connectivity index (χ0) is 9.14. The van der Waals surface area contributed by atoms with Crippen LogP contribution in [0, 0.1) is 0 Å². The van der Waals surface area contributed by atoms with Crippen molar-refractivity contribution >= 4 is 23.2 Å². The monoisotopic (exact) mass is 184 g/mol. The van der Waals surface area contributed by atoms with E-state index in [4.69, 9.17) is 10.8 Å². The molecule has 0 saturated heterocycles. The van der Waals surface area contributed by atoms with Gasteiger partial charge in [0.25, 0.3) is 5.91 Å². The van der Waals surface area contributed by atoms with Gasteiger partial charge in [0.05, 0.1) is 0 Å². The van der Waals surface area contributed by atoms with Gasteiger partial charge in [-0.25, -0.2) is 0 Å². The molecule has 0 aromatic carbocycles. The summed E-state index contributed by atoms with van der Waals surface area (Å²) in [6, 6.07) is 1.54. The summed E-state index contributed by atoms with van der Waals surface area (Å²) in [5.74, 6) is -3.68. The first-order valence-corrected chi connectivity index (χ1v) is 4.07. The number of carboxylic acids is 1. The maximum absolute atomic E-state index is 10.6. The van der Waals surface area contributed by atoms with Crippen LogP contribution >= 0.6 is 11.3 Å². The summed E-state index contributed by atoms with van der Waals surface area (Å²) in [4.78, 5) is 21.1. The van der Waals surface area contributed by atoms with E-state index in [0.29, 0.717) is 5.56 Å². The van der Waals surface area contributed by atoms with E-state index in [2.05, 4.69) is 0 Å². The van der Waals surface area contributed by atoms with Crippen molar-refractivity contribution in [2.24, 2.45) is 0 Å². The van der Waals surface area contributed by atoms with Crippen LogP contribution in [0.4, 0.5) is 0 Å². The fourth-order valence-corrected chi connectivity index (χ4v) is 1.53. The van der Waals surface area contributed by atoms with Gasteiger partial charge in [-0.2, -0.15) is 11.3 Å². The van der Waals surface area contributed by atoms with Gasteiger partial charge in [0, 0.05) is 0 Å². The molecule has 1 amide bonds. The summed E-state index contributed by atoms with van der Waals surface area (Å²) in [5, 5.41) is 11.8. The topological polar surface area (TPSA) is 78.2 Å². The molecule has 1 heterocycles. The first-order chi connectivity index (χ1) is 5.63. The molecule has 1 unspecified atom stereocenters. The zero-order valence-corrected chi connectivity index (χ0v) is 6.80. The van der Waals surface area contributed by atoms with Crippen molar-refractivity contribution in [3.63, 3.8) is 0 Å². The lowest BCUT2D eigenvalue weighted by Gasteiger charge is -2.03. The van der Waals surface area contributed by atoms with Crippen molar-refractivity contribution < 1.29 is 14.7 Å². The summed E-state index contributed by atoms with van der Waals surface area (Å²) in [5.41, 5.74) is 7.11. The van der Waals surface area contributed by atoms with Gasteiger partial charge in [-0.15, -0.1) is 0 Å². The minimum Gasteiger partial charge on any atom is -0.480 e. The Morgan fingerprint density at radius 3 is 2.58 bits per heavy atom. The number of hydrogen-bond donors (Lipinski definition) is 1. The summed E-state index contributed by atoms with van der Waals surface area (Å²) in [6.07, 6.45) is 0. The molecule has 0 bridgehead atoms. The number of carbonyl (C=O) groups excluding carboxylic acids is 1. The first-order valence-electron chi connectivity index (χ1n) is 3.13. The van der Waals surface area contributed by atoms with E-state index in [9.17, 15) is 9.59 Å². The fraction of sp³-hybridized carbons (Fsp3) is 0.143. The van der Waals surface area contributed by atoms with Gasteiger partial charge in [0.15, 0.2) is 5.92 Å². The average Bonchev–Trinajstić information content (AvgIpc) is 2.37. The minimum atomic E-state index is -1.32. The smallest absolute Gasteiger partial charge is 0.320 e. The summed E-state index contributed by atoms with van der Waals surface area (Å²) in [6.45, 7) is 0. The Balaban J connectivity index is 2.96. The Morgan fingerprint density at radius 1 is 1.58 bits per heavy atom. The molecule has 0 aliphatic carbocycles. The van der Waals surface area contributed by atoms with Crippen molar-refractivity contribution in [3.05, 3.63) is 22.4 Å². The highest BCUT2D eigenvalue weighted by Crippen LogP contribution is 2.18. The van der Waals surface area contributed by atoms with E-state index in [1.54, 1.807) is 10.8 Å². The summed E-state index contributed by atoms with van der Waals surface area (Å²) < 4.78 is 0. The van der Waals surface area contributed by atoms with Gasteiger partial charge >= 0.3 is 5.97 Å². The summed E-state index contributed by atoms with van der Waals surface area (Å²) >= 11 is 1.30. The quantitative estimate of drug-likeness (QED) is 0.703. The summed E-state index contributed by atoms with van der Waals surface area (Å²) in [7, 11) is 0. The molecule has 0 fully saturated rings. The molecule has 1 radical (unpaired) electrons. The van der Waals surface area contributed by atoms with Gasteiger partial charge in [-0.05, 0) is 22.4 Å². The highest BCUT2D eigenvalue weighted by Gasteiger charge is 2.26. The lowest BCUT2D eigenvalue weighted by atomic mass is 10.0. The molecule has 5 heteroatoms. The Hall–Kier alpha value is -1.36. The van der Waals surface area contributed by atoms with E-state index in [1.165, 1.54) is 17.4 Å². The van der Waals surface area contributed by atoms with Crippen LogP contribution < -0.4 is 5.73 Å². The van der Waals surface area contributed by atoms with Gasteiger partial charge in [-0.1, -0.05) is 0 Å².